The van der Waals surface area contributed by atoms with Crippen LogP contribution < -0.4 is 15.0 Å². The van der Waals surface area contributed by atoms with Crippen molar-refractivity contribution >= 4 is 23.6 Å². The summed E-state index contributed by atoms with van der Waals surface area (Å²) in [6.07, 6.45) is -12.8. The number of benzene rings is 2. The van der Waals surface area contributed by atoms with E-state index in [0.29, 0.717) is 17.2 Å². The van der Waals surface area contributed by atoms with Crippen LogP contribution in [0, 0.1) is 11.2 Å². The molecule has 1 aliphatic rings. The smallest absolute Gasteiger partial charge is 0.409 e. The lowest BCUT2D eigenvalue weighted by Crippen LogP contribution is -2.30. The molecule has 0 aliphatic heterocycles. The van der Waals surface area contributed by atoms with Gasteiger partial charge < -0.3 is 25.7 Å². The van der Waals surface area contributed by atoms with Crippen LogP contribution in [0.2, 0.25) is 0 Å². The van der Waals surface area contributed by atoms with Crippen molar-refractivity contribution in [2.24, 2.45) is 0 Å². The largest absolute Gasteiger partial charge is 0.420 e. The lowest BCUT2D eigenvalue weighted by atomic mass is 9.98. The van der Waals surface area contributed by atoms with Crippen LogP contribution in [0.3, 0.4) is 0 Å². The quantitative estimate of drug-likeness (QED) is 0.301. The van der Waals surface area contributed by atoms with Gasteiger partial charge in [-0.2, -0.15) is 26.3 Å². The van der Waals surface area contributed by atoms with Crippen molar-refractivity contribution in [2.75, 3.05) is 11.9 Å². The van der Waals surface area contributed by atoms with Crippen LogP contribution in [-0.2, 0) is 12.4 Å². The van der Waals surface area contributed by atoms with Gasteiger partial charge in [0, 0.05) is 42.3 Å². The number of ether oxygens (including phenoxy) is 1. The molecule has 38 heavy (non-hydrogen) atoms. The van der Waals surface area contributed by atoms with Crippen LogP contribution in [0.4, 0.5) is 41.2 Å². The first-order valence-electron chi connectivity index (χ1n) is 11.0. The Balaban J connectivity index is 2.11. The summed E-state index contributed by atoms with van der Waals surface area (Å²) in [5, 5.41) is 29.7. The molecular formula is C24H22F7N3O4. The summed E-state index contributed by atoms with van der Waals surface area (Å²) in [5.41, 5.74) is -4.98. The second-order valence-corrected chi connectivity index (χ2v) is 8.51. The zero-order valence-electron chi connectivity index (χ0n) is 19.6. The molecule has 1 amide bonds. The number of anilines is 1. The number of carbonyl (C=O) groups is 1. The third-order valence-electron chi connectivity index (χ3n) is 5.84. The molecule has 0 saturated heterocycles. The maximum absolute atomic E-state index is 13.9. The van der Waals surface area contributed by atoms with E-state index in [1.54, 1.807) is 0 Å². The van der Waals surface area contributed by atoms with Crippen molar-refractivity contribution < 1.29 is 50.5 Å². The molecule has 0 spiro atoms. The Morgan fingerprint density at radius 1 is 1.05 bits per heavy atom. The molecule has 1 aliphatic carbocycles. The van der Waals surface area contributed by atoms with Gasteiger partial charge in [0.25, 0.3) is 0 Å². The number of carbonyl (C=O) groups excluding carboxylic acids is 1. The van der Waals surface area contributed by atoms with E-state index in [2.05, 4.69) is 5.32 Å². The summed E-state index contributed by atoms with van der Waals surface area (Å²) >= 11 is 0. The molecule has 0 bridgehead atoms. The number of hydrogen-bond donors (Lipinski definition) is 4. The fourth-order valence-corrected chi connectivity index (χ4v) is 3.79. The van der Waals surface area contributed by atoms with Crippen molar-refractivity contribution in [1.82, 2.24) is 5.32 Å². The van der Waals surface area contributed by atoms with Crippen molar-refractivity contribution in [1.29, 1.82) is 5.41 Å². The Hall–Kier alpha value is -3.65. The fourth-order valence-electron chi connectivity index (χ4n) is 3.79. The summed E-state index contributed by atoms with van der Waals surface area (Å²) in [4.78, 5) is 13.5. The van der Waals surface area contributed by atoms with Gasteiger partial charge in [0.15, 0.2) is 5.75 Å². The molecule has 0 radical (unpaired) electrons. The zero-order valence-corrected chi connectivity index (χ0v) is 19.6. The highest BCUT2D eigenvalue weighted by Gasteiger charge is 2.41. The second kappa shape index (κ2) is 11.0. The predicted octanol–water partition coefficient (Wildman–Crippen LogP) is 4.96. The average Bonchev–Trinajstić information content (AvgIpc) is 3.15. The number of nitrogens with zero attached hydrogens (tertiary/aromatic N) is 1. The van der Waals surface area contributed by atoms with E-state index in [-0.39, 0.29) is 24.6 Å². The van der Waals surface area contributed by atoms with E-state index >= 15 is 0 Å². The molecular weight excluding hydrogens is 527 g/mol. The maximum Gasteiger partial charge on any atom is 0.420 e. The topological polar surface area (TPSA) is 106 Å². The van der Waals surface area contributed by atoms with Gasteiger partial charge in [0.1, 0.15) is 5.82 Å². The van der Waals surface area contributed by atoms with Gasteiger partial charge in [-0.3, -0.25) is 4.90 Å². The summed E-state index contributed by atoms with van der Waals surface area (Å²) in [5.74, 6) is -1.94. The minimum Gasteiger partial charge on any atom is -0.409 e. The van der Waals surface area contributed by atoms with E-state index in [4.69, 9.17) is 10.1 Å². The highest BCUT2D eigenvalue weighted by Crippen LogP contribution is 2.44. The van der Waals surface area contributed by atoms with Gasteiger partial charge >= 0.3 is 18.4 Å². The molecule has 2 unspecified atom stereocenters. The second-order valence-electron chi connectivity index (χ2n) is 8.51. The average molecular weight is 549 g/mol. The van der Waals surface area contributed by atoms with Crippen LogP contribution in [0.5, 0.6) is 5.75 Å². The summed E-state index contributed by atoms with van der Waals surface area (Å²) in [6.45, 7) is 0. The number of rotatable bonds is 6. The standard InChI is InChI=1S/C24H22F7N3O4/c1-34(16-4-2-14(25)3-5-16)22(37)38-21-17(6-13(23(26,27)28)7-18(21)24(29,30)31)12(10-32)11-33-15-8-19(35)20(36)9-15/h2-7,10-11,15,19-20,32-33,35-36H,8-9H2,1H3/b12-11+,32-10?. The van der Waals surface area contributed by atoms with Crippen LogP contribution >= 0.6 is 0 Å². The third kappa shape index (κ3) is 6.61. The minimum absolute atomic E-state index is 0.0151. The van der Waals surface area contributed by atoms with Gasteiger partial charge in [0.05, 0.1) is 23.3 Å². The van der Waals surface area contributed by atoms with E-state index < -0.39 is 70.5 Å². The lowest BCUT2D eigenvalue weighted by Gasteiger charge is -2.23. The highest BCUT2D eigenvalue weighted by atomic mass is 19.4. The minimum atomic E-state index is -5.40. The molecule has 3 rings (SSSR count). The first-order chi connectivity index (χ1) is 17.6. The normalized spacial score (nSPS) is 20.3. The first kappa shape index (κ1) is 28.9. The van der Waals surface area contributed by atoms with Crippen molar-refractivity contribution in [3.8, 4) is 5.75 Å². The summed E-state index contributed by atoms with van der Waals surface area (Å²) in [7, 11) is 1.10. The zero-order chi connectivity index (χ0) is 28.4. The van der Waals surface area contributed by atoms with Crippen LogP contribution in [0.1, 0.15) is 29.5 Å². The van der Waals surface area contributed by atoms with E-state index in [9.17, 15) is 45.7 Å². The molecule has 7 nitrogen and oxygen atoms in total. The van der Waals surface area contributed by atoms with Crippen molar-refractivity contribution in [2.45, 2.75) is 43.4 Å². The van der Waals surface area contributed by atoms with Crippen LogP contribution in [0.15, 0.2) is 42.6 Å². The van der Waals surface area contributed by atoms with E-state index in [1.807, 2.05) is 0 Å². The lowest BCUT2D eigenvalue weighted by molar-refractivity contribution is -0.143. The van der Waals surface area contributed by atoms with Crippen LogP contribution in [0.25, 0.3) is 5.57 Å². The van der Waals surface area contributed by atoms with Crippen LogP contribution in [-0.4, -0.2) is 47.8 Å². The molecule has 206 valence electrons. The molecule has 1 fully saturated rings. The molecule has 2 atom stereocenters. The number of halogens is 7. The Kier molecular flexibility index (Phi) is 8.36. The summed E-state index contributed by atoms with van der Waals surface area (Å²) < 4.78 is 101. The van der Waals surface area contributed by atoms with Gasteiger partial charge in [-0.25, -0.2) is 9.18 Å². The van der Waals surface area contributed by atoms with Gasteiger partial charge in [-0.15, -0.1) is 0 Å². The van der Waals surface area contributed by atoms with Gasteiger partial charge in [-0.05, 0) is 49.2 Å². The van der Waals surface area contributed by atoms with E-state index in [1.165, 1.54) is 0 Å². The molecule has 0 aromatic heterocycles. The highest BCUT2D eigenvalue weighted by molar-refractivity contribution is 6.10. The van der Waals surface area contributed by atoms with Crippen molar-refractivity contribution in [3.05, 3.63) is 65.1 Å². The third-order valence-corrected chi connectivity index (χ3v) is 5.84. The molecule has 14 heteroatoms. The number of aliphatic hydroxyl groups excluding tert-OH is 2. The molecule has 2 aromatic carbocycles. The number of nitrogens with one attached hydrogen (secondary N) is 2. The Morgan fingerprint density at radius 2 is 1.63 bits per heavy atom. The molecule has 1 saturated carbocycles. The van der Waals surface area contributed by atoms with E-state index in [0.717, 1.165) is 37.5 Å². The molecule has 0 heterocycles. The van der Waals surface area contributed by atoms with Crippen molar-refractivity contribution in [3.63, 3.8) is 0 Å². The molecule has 4 N–H and O–H groups in total. The number of allylic oxidation sites excluding steroid dienone is 1. The monoisotopic (exact) mass is 549 g/mol. The fraction of sp³-hybridized carbons (Fsp3) is 0.333. The van der Waals surface area contributed by atoms with Gasteiger partial charge in [-0.1, -0.05) is 0 Å². The Labute approximate surface area is 211 Å². The molecule has 2 aromatic rings. The Morgan fingerprint density at radius 3 is 2.13 bits per heavy atom. The number of alkyl halides is 6. The Bertz CT molecular complexity index is 1200. The number of amides is 1. The predicted molar refractivity (Wildman–Crippen MR) is 122 cm³/mol. The SMILES string of the molecule is CN(C(=O)Oc1c(/C(C=N)=C/NC2CC(O)C(O)C2)cc(C(F)(F)F)cc1C(F)(F)F)c1ccc(F)cc1. The maximum atomic E-state index is 13.9. The number of hydrogen-bond acceptors (Lipinski definition) is 6. The van der Waals surface area contributed by atoms with Gasteiger partial charge in [0.2, 0.25) is 0 Å². The summed E-state index contributed by atoms with van der Waals surface area (Å²) in [6, 6.07) is 3.72. The first-order valence-corrected chi connectivity index (χ1v) is 11.0. The number of aliphatic hydroxyl groups is 2.